The summed E-state index contributed by atoms with van der Waals surface area (Å²) in [4.78, 5) is 10.7. The molecule has 0 amide bonds. The third kappa shape index (κ3) is 2.24. The summed E-state index contributed by atoms with van der Waals surface area (Å²) in [6.07, 6.45) is 5.12. The lowest BCUT2D eigenvalue weighted by molar-refractivity contribution is -0.385. The average molecular weight is 343 g/mol. The van der Waals surface area contributed by atoms with Crippen LogP contribution in [-0.4, -0.2) is 10.0 Å². The Morgan fingerprint density at radius 1 is 1.25 bits per heavy atom. The zero-order chi connectivity index (χ0) is 16.8. The number of halogens is 1. The first kappa shape index (κ1) is 15.0. The van der Waals surface area contributed by atoms with E-state index in [2.05, 4.69) is 17.5 Å². The molecule has 0 saturated heterocycles. The van der Waals surface area contributed by atoms with Crippen molar-refractivity contribution in [1.82, 2.24) is 0 Å². The van der Waals surface area contributed by atoms with Crippen LogP contribution in [0.4, 0.5) is 11.4 Å². The quantitative estimate of drug-likeness (QED) is 0.468. The number of hydrogen-bond donors (Lipinski definition) is 2. The van der Waals surface area contributed by atoms with Gasteiger partial charge in [-0.2, -0.15) is 0 Å². The van der Waals surface area contributed by atoms with Gasteiger partial charge in [-0.15, -0.1) is 0 Å². The molecule has 24 heavy (non-hydrogen) atoms. The first-order chi connectivity index (χ1) is 11.6. The van der Waals surface area contributed by atoms with Gasteiger partial charge in [-0.25, -0.2) is 0 Å². The van der Waals surface area contributed by atoms with E-state index in [9.17, 15) is 15.2 Å². The van der Waals surface area contributed by atoms with Crippen LogP contribution in [0.15, 0.2) is 48.6 Å². The van der Waals surface area contributed by atoms with E-state index in [1.807, 2.05) is 18.2 Å². The molecule has 2 aromatic carbocycles. The fourth-order valence-corrected chi connectivity index (χ4v) is 4.03. The van der Waals surface area contributed by atoms with Gasteiger partial charge in [0, 0.05) is 23.6 Å². The molecular formula is C18H15ClN2O3. The van der Waals surface area contributed by atoms with Gasteiger partial charge in [0.15, 0.2) is 0 Å². The minimum absolute atomic E-state index is 0.0305. The summed E-state index contributed by atoms with van der Waals surface area (Å²) in [5.74, 6) is 0.423. The van der Waals surface area contributed by atoms with Crippen LogP contribution in [0.2, 0.25) is 5.02 Å². The van der Waals surface area contributed by atoms with Crippen molar-refractivity contribution in [2.24, 2.45) is 5.92 Å². The molecule has 122 valence electrons. The Labute approximate surface area is 143 Å². The van der Waals surface area contributed by atoms with Crippen molar-refractivity contribution in [1.29, 1.82) is 0 Å². The van der Waals surface area contributed by atoms with Crippen LogP contribution < -0.4 is 5.32 Å². The number of para-hydroxylation sites is 1. The van der Waals surface area contributed by atoms with Crippen LogP contribution in [0.5, 0.6) is 5.75 Å². The van der Waals surface area contributed by atoms with Crippen molar-refractivity contribution >= 4 is 23.0 Å². The summed E-state index contributed by atoms with van der Waals surface area (Å²) < 4.78 is 0. The molecule has 2 N–H and O–H groups in total. The Morgan fingerprint density at radius 3 is 2.88 bits per heavy atom. The fraction of sp³-hybridized carbons (Fsp3) is 0.222. The molecule has 0 saturated carbocycles. The third-order valence-electron chi connectivity index (χ3n) is 4.90. The predicted octanol–water partition coefficient (Wildman–Crippen LogP) is 4.78. The Balaban J connectivity index is 1.84. The van der Waals surface area contributed by atoms with E-state index in [1.54, 1.807) is 0 Å². The predicted molar refractivity (Wildman–Crippen MR) is 92.6 cm³/mol. The standard InChI is InChI=1S/C18H15ClN2O3/c19-15-6-2-5-13-11-3-1-4-12(11)17(20-18(13)15)14-9-10(21(23)24)7-8-16(14)22/h1-3,5-9,11-12,17,20,22H,4H2. The molecule has 2 aliphatic rings. The van der Waals surface area contributed by atoms with Crippen molar-refractivity contribution in [3.05, 3.63) is 74.8 Å². The van der Waals surface area contributed by atoms with Gasteiger partial charge in [-0.3, -0.25) is 10.1 Å². The van der Waals surface area contributed by atoms with Gasteiger partial charge in [-0.1, -0.05) is 35.9 Å². The molecule has 5 nitrogen and oxygen atoms in total. The van der Waals surface area contributed by atoms with Crippen molar-refractivity contribution in [3.8, 4) is 5.75 Å². The van der Waals surface area contributed by atoms with E-state index in [-0.39, 0.29) is 29.3 Å². The summed E-state index contributed by atoms with van der Waals surface area (Å²) in [5.41, 5.74) is 2.47. The second kappa shape index (κ2) is 5.53. The molecule has 1 heterocycles. The topological polar surface area (TPSA) is 75.4 Å². The van der Waals surface area contributed by atoms with Gasteiger partial charge in [-0.05, 0) is 30.0 Å². The van der Waals surface area contributed by atoms with Gasteiger partial charge in [0.05, 0.1) is 21.7 Å². The second-order valence-electron chi connectivity index (χ2n) is 6.18. The Morgan fingerprint density at radius 2 is 2.08 bits per heavy atom. The highest BCUT2D eigenvalue weighted by molar-refractivity contribution is 6.33. The van der Waals surface area contributed by atoms with Crippen LogP contribution in [0.1, 0.15) is 29.5 Å². The number of non-ortho nitro benzene ring substituents is 1. The van der Waals surface area contributed by atoms with Crippen molar-refractivity contribution in [3.63, 3.8) is 0 Å². The SMILES string of the molecule is O=[N+]([O-])c1ccc(O)c(C2Nc3c(Cl)cccc3C3C=CCC32)c1. The number of aromatic hydroxyl groups is 1. The van der Waals surface area contributed by atoms with Crippen LogP contribution in [0.3, 0.4) is 0 Å². The lowest BCUT2D eigenvalue weighted by Gasteiger charge is -2.38. The highest BCUT2D eigenvalue weighted by Crippen LogP contribution is 2.52. The Hall–Kier alpha value is -2.53. The van der Waals surface area contributed by atoms with E-state index in [0.29, 0.717) is 10.6 Å². The molecular weight excluding hydrogens is 328 g/mol. The van der Waals surface area contributed by atoms with E-state index in [0.717, 1.165) is 17.7 Å². The lowest BCUT2D eigenvalue weighted by Crippen LogP contribution is -2.29. The van der Waals surface area contributed by atoms with Crippen LogP contribution >= 0.6 is 11.6 Å². The molecule has 6 heteroatoms. The van der Waals surface area contributed by atoms with Gasteiger partial charge in [0.25, 0.3) is 5.69 Å². The van der Waals surface area contributed by atoms with Crippen molar-refractivity contribution < 1.29 is 10.0 Å². The van der Waals surface area contributed by atoms with E-state index < -0.39 is 4.92 Å². The molecule has 4 rings (SSSR count). The number of phenols is 1. The molecule has 2 aromatic rings. The molecule has 0 spiro atoms. The zero-order valence-corrected chi connectivity index (χ0v) is 13.4. The monoisotopic (exact) mass is 342 g/mol. The minimum Gasteiger partial charge on any atom is -0.508 e. The third-order valence-corrected chi connectivity index (χ3v) is 5.22. The number of allylic oxidation sites excluding steroid dienone is 2. The largest absolute Gasteiger partial charge is 0.508 e. The normalized spacial score (nSPS) is 24.1. The molecule has 3 unspecified atom stereocenters. The van der Waals surface area contributed by atoms with Gasteiger partial charge >= 0.3 is 0 Å². The number of hydrogen-bond acceptors (Lipinski definition) is 4. The molecule has 1 aliphatic heterocycles. The van der Waals surface area contributed by atoms with E-state index in [1.165, 1.54) is 18.2 Å². The molecule has 0 fully saturated rings. The van der Waals surface area contributed by atoms with E-state index in [4.69, 9.17) is 11.6 Å². The summed E-state index contributed by atoms with van der Waals surface area (Å²) in [7, 11) is 0. The Bertz CT molecular complexity index is 865. The lowest BCUT2D eigenvalue weighted by atomic mass is 9.77. The van der Waals surface area contributed by atoms with Crippen molar-refractivity contribution in [2.45, 2.75) is 18.4 Å². The highest BCUT2D eigenvalue weighted by Gasteiger charge is 2.39. The molecule has 0 aromatic heterocycles. The van der Waals surface area contributed by atoms with Gasteiger partial charge < -0.3 is 10.4 Å². The number of nitro groups is 1. The van der Waals surface area contributed by atoms with Crippen LogP contribution in [-0.2, 0) is 0 Å². The minimum atomic E-state index is -0.447. The first-order valence-corrected chi connectivity index (χ1v) is 8.13. The molecule has 1 aliphatic carbocycles. The highest BCUT2D eigenvalue weighted by atomic mass is 35.5. The number of nitrogens with one attached hydrogen (secondary N) is 1. The number of anilines is 1. The van der Waals surface area contributed by atoms with Crippen LogP contribution in [0, 0.1) is 16.0 Å². The van der Waals surface area contributed by atoms with Crippen LogP contribution in [0.25, 0.3) is 0 Å². The summed E-state index contributed by atoms with van der Waals surface area (Å²) in [6.45, 7) is 0. The van der Waals surface area contributed by atoms with Gasteiger partial charge in [0.1, 0.15) is 5.75 Å². The number of nitrogens with zero attached hydrogens (tertiary/aromatic N) is 1. The second-order valence-corrected chi connectivity index (χ2v) is 6.59. The maximum Gasteiger partial charge on any atom is 0.270 e. The molecule has 0 radical (unpaired) electrons. The average Bonchev–Trinajstić information content (AvgIpc) is 3.05. The molecule has 3 atom stereocenters. The smallest absolute Gasteiger partial charge is 0.270 e. The number of phenolic OH excluding ortho intramolecular Hbond substituents is 1. The number of rotatable bonds is 2. The fourth-order valence-electron chi connectivity index (χ4n) is 3.80. The van der Waals surface area contributed by atoms with Gasteiger partial charge in [0.2, 0.25) is 0 Å². The zero-order valence-electron chi connectivity index (χ0n) is 12.6. The molecule has 0 bridgehead atoms. The summed E-state index contributed by atoms with van der Waals surface area (Å²) >= 11 is 6.35. The van der Waals surface area contributed by atoms with E-state index >= 15 is 0 Å². The summed E-state index contributed by atoms with van der Waals surface area (Å²) in [6, 6.07) is 9.70. The number of fused-ring (bicyclic) bond motifs is 3. The maximum absolute atomic E-state index is 11.1. The van der Waals surface area contributed by atoms with Crippen molar-refractivity contribution in [2.75, 3.05) is 5.32 Å². The summed E-state index contributed by atoms with van der Waals surface area (Å²) in [5, 5.41) is 25.4. The maximum atomic E-state index is 11.1. The first-order valence-electron chi connectivity index (χ1n) is 7.75. The number of nitro benzene ring substituents is 1. The Kier molecular flexibility index (Phi) is 3.46. The number of benzene rings is 2.